The van der Waals surface area contributed by atoms with E-state index in [0.29, 0.717) is 19.7 Å². The van der Waals surface area contributed by atoms with Gasteiger partial charge in [-0.1, -0.05) is 0 Å². The van der Waals surface area contributed by atoms with Gasteiger partial charge in [-0.25, -0.2) is 0 Å². The molecule has 5 heteroatoms. The Bertz CT molecular complexity index is 188. The van der Waals surface area contributed by atoms with Crippen molar-refractivity contribution in [3.8, 4) is 0 Å². The first-order valence-electron chi connectivity index (χ1n) is 4.29. The van der Waals surface area contributed by atoms with Crippen molar-refractivity contribution in [1.82, 2.24) is 4.90 Å². The van der Waals surface area contributed by atoms with Crippen LogP contribution < -0.4 is 0 Å². The number of ether oxygens (including phenoxy) is 2. The highest BCUT2D eigenvalue weighted by molar-refractivity contribution is 6.11. The fourth-order valence-corrected chi connectivity index (χ4v) is 1.41. The highest BCUT2D eigenvalue weighted by atomic mass is 16.5. The van der Waals surface area contributed by atoms with Crippen LogP contribution in [0, 0.1) is 0 Å². The smallest absolute Gasteiger partial charge is 0.219 e. The predicted octanol–water partition coefficient (Wildman–Crippen LogP) is -0.625. The van der Waals surface area contributed by atoms with Crippen LogP contribution in [-0.4, -0.2) is 57.6 Å². The minimum atomic E-state index is -0.391. The molecule has 1 aliphatic rings. The van der Waals surface area contributed by atoms with E-state index in [1.165, 1.54) is 6.92 Å². The Morgan fingerprint density at radius 1 is 1.69 bits per heavy atom. The number of amides is 1. The first kappa shape index (κ1) is 10.5. The maximum atomic E-state index is 11.1. The fourth-order valence-electron chi connectivity index (χ4n) is 1.41. The average molecular weight is 183 g/mol. The Labute approximate surface area is 79.6 Å². The van der Waals surface area contributed by atoms with Crippen LogP contribution in [0.3, 0.4) is 0 Å². The number of morpholine rings is 1. The Morgan fingerprint density at radius 2 is 2.38 bits per heavy atom. The quantitative estimate of drug-likeness (QED) is 0.535. The van der Waals surface area contributed by atoms with Gasteiger partial charge in [-0.05, 0) is 0 Å². The van der Waals surface area contributed by atoms with E-state index >= 15 is 0 Å². The number of carbonyl (C=O) groups is 1. The zero-order valence-corrected chi connectivity index (χ0v) is 8.03. The summed E-state index contributed by atoms with van der Waals surface area (Å²) < 4.78 is 10.3. The Balaban J connectivity index is 2.47. The summed E-state index contributed by atoms with van der Waals surface area (Å²) in [5.41, 5.74) is 0. The molecule has 1 amide bonds. The monoisotopic (exact) mass is 183 g/mol. The molecular formula is C8H14BNO3. The molecule has 0 aromatic rings. The SMILES string of the molecule is [B]C1CN(C(C)=O)CC(COC)O1. The fraction of sp³-hybridized carbons (Fsp3) is 0.875. The topological polar surface area (TPSA) is 38.8 Å². The van der Waals surface area contributed by atoms with Gasteiger partial charge in [0.05, 0.1) is 12.7 Å². The van der Waals surface area contributed by atoms with Gasteiger partial charge in [0.25, 0.3) is 0 Å². The van der Waals surface area contributed by atoms with E-state index in [-0.39, 0.29) is 12.0 Å². The summed E-state index contributed by atoms with van der Waals surface area (Å²) in [4.78, 5) is 12.7. The van der Waals surface area contributed by atoms with Gasteiger partial charge in [0, 0.05) is 33.1 Å². The second-order valence-corrected chi connectivity index (χ2v) is 3.18. The minimum absolute atomic E-state index is 0.0276. The van der Waals surface area contributed by atoms with E-state index in [1.54, 1.807) is 12.0 Å². The van der Waals surface area contributed by atoms with E-state index in [0.717, 1.165) is 0 Å². The van der Waals surface area contributed by atoms with Gasteiger partial charge in [-0.2, -0.15) is 0 Å². The molecule has 0 spiro atoms. The van der Waals surface area contributed by atoms with Gasteiger partial charge in [0.2, 0.25) is 5.91 Å². The molecule has 0 bridgehead atoms. The number of hydrogen-bond acceptors (Lipinski definition) is 3. The third-order valence-corrected chi connectivity index (χ3v) is 1.99. The zero-order valence-electron chi connectivity index (χ0n) is 8.03. The van der Waals surface area contributed by atoms with Crippen LogP contribution in [0.25, 0.3) is 0 Å². The third-order valence-electron chi connectivity index (χ3n) is 1.99. The molecule has 2 radical (unpaired) electrons. The number of hydrogen-bond donors (Lipinski definition) is 0. The molecule has 1 aliphatic heterocycles. The summed E-state index contributed by atoms with van der Waals surface area (Å²) >= 11 is 0. The van der Waals surface area contributed by atoms with Gasteiger partial charge < -0.3 is 14.4 Å². The van der Waals surface area contributed by atoms with Crippen molar-refractivity contribution < 1.29 is 14.3 Å². The molecule has 0 saturated carbocycles. The van der Waals surface area contributed by atoms with Gasteiger partial charge in [-0.3, -0.25) is 4.79 Å². The summed E-state index contributed by atoms with van der Waals surface area (Å²) in [7, 11) is 7.21. The number of methoxy groups -OCH3 is 1. The van der Waals surface area contributed by atoms with Crippen LogP contribution in [0.1, 0.15) is 6.92 Å². The number of nitrogens with zero attached hydrogens (tertiary/aromatic N) is 1. The summed E-state index contributed by atoms with van der Waals surface area (Å²) in [6.45, 7) is 3.03. The lowest BCUT2D eigenvalue weighted by atomic mass is 9.97. The molecule has 1 heterocycles. The van der Waals surface area contributed by atoms with Gasteiger partial charge in [-0.15, -0.1) is 0 Å². The first-order chi connectivity index (χ1) is 6.13. The third kappa shape index (κ3) is 3.01. The molecule has 1 saturated heterocycles. The molecule has 2 atom stereocenters. The van der Waals surface area contributed by atoms with Crippen molar-refractivity contribution in [2.75, 3.05) is 26.8 Å². The van der Waals surface area contributed by atoms with Crippen LogP contribution in [0.5, 0.6) is 0 Å². The molecule has 72 valence electrons. The van der Waals surface area contributed by atoms with E-state index in [1.807, 2.05) is 0 Å². The summed E-state index contributed by atoms with van der Waals surface area (Å²) in [5, 5.41) is 0. The van der Waals surface area contributed by atoms with Crippen LogP contribution in [0.4, 0.5) is 0 Å². The Kier molecular flexibility index (Phi) is 3.75. The van der Waals surface area contributed by atoms with Crippen molar-refractivity contribution in [3.05, 3.63) is 0 Å². The largest absolute Gasteiger partial charge is 0.382 e. The lowest BCUT2D eigenvalue weighted by Gasteiger charge is -2.36. The van der Waals surface area contributed by atoms with E-state index in [4.69, 9.17) is 17.3 Å². The van der Waals surface area contributed by atoms with Crippen molar-refractivity contribution in [2.45, 2.75) is 19.0 Å². The van der Waals surface area contributed by atoms with Gasteiger partial charge >= 0.3 is 0 Å². The van der Waals surface area contributed by atoms with Crippen molar-refractivity contribution in [1.29, 1.82) is 0 Å². The lowest BCUT2D eigenvalue weighted by Crippen LogP contribution is -2.50. The molecule has 0 aliphatic carbocycles. The van der Waals surface area contributed by atoms with E-state index in [9.17, 15) is 4.79 Å². The van der Waals surface area contributed by atoms with Gasteiger partial charge in [0.15, 0.2) is 0 Å². The van der Waals surface area contributed by atoms with Crippen LogP contribution >= 0.6 is 0 Å². The molecule has 0 aromatic carbocycles. The van der Waals surface area contributed by atoms with Crippen molar-refractivity contribution in [3.63, 3.8) is 0 Å². The normalized spacial score (nSPS) is 28.9. The predicted molar refractivity (Wildman–Crippen MR) is 48.5 cm³/mol. The molecule has 2 unspecified atom stereocenters. The summed E-state index contributed by atoms with van der Waals surface area (Å²) in [6, 6.07) is -0.391. The van der Waals surface area contributed by atoms with Crippen LogP contribution in [0.15, 0.2) is 0 Å². The molecule has 1 fully saturated rings. The van der Waals surface area contributed by atoms with Gasteiger partial charge in [0.1, 0.15) is 7.85 Å². The molecule has 0 N–H and O–H groups in total. The molecule has 13 heavy (non-hydrogen) atoms. The molecule has 1 rings (SSSR count). The molecule has 4 nitrogen and oxygen atoms in total. The summed E-state index contributed by atoms with van der Waals surface area (Å²) in [6.07, 6.45) is -0.0994. The molecule has 0 aromatic heterocycles. The van der Waals surface area contributed by atoms with Crippen LogP contribution in [-0.2, 0) is 14.3 Å². The van der Waals surface area contributed by atoms with E-state index < -0.39 is 6.00 Å². The standard InChI is InChI=1S/C8H14BNO3/c1-6(11)10-3-7(5-12-2)13-8(9)4-10/h7-8H,3-5H2,1-2H3. The average Bonchev–Trinajstić information content (AvgIpc) is 2.03. The zero-order chi connectivity index (χ0) is 9.84. The Hall–Kier alpha value is -0.545. The molecular weight excluding hydrogens is 169 g/mol. The Morgan fingerprint density at radius 3 is 2.92 bits per heavy atom. The maximum Gasteiger partial charge on any atom is 0.219 e. The highest BCUT2D eigenvalue weighted by Crippen LogP contribution is 2.09. The number of carbonyl (C=O) groups excluding carboxylic acids is 1. The maximum absolute atomic E-state index is 11.1. The highest BCUT2D eigenvalue weighted by Gasteiger charge is 2.25. The number of rotatable bonds is 2. The second-order valence-electron chi connectivity index (χ2n) is 3.18. The van der Waals surface area contributed by atoms with Crippen LogP contribution in [0.2, 0.25) is 0 Å². The van der Waals surface area contributed by atoms with Crippen molar-refractivity contribution >= 4 is 13.8 Å². The van der Waals surface area contributed by atoms with Crippen molar-refractivity contribution in [2.24, 2.45) is 0 Å². The second kappa shape index (κ2) is 4.62. The van der Waals surface area contributed by atoms with E-state index in [2.05, 4.69) is 0 Å². The lowest BCUT2D eigenvalue weighted by molar-refractivity contribution is -0.141. The summed E-state index contributed by atoms with van der Waals surface area (Å²) in [5.74, 6) is 0.0276. The first-order valence-corrected chi connectivity index (χ1v) is 4.29. The minimum Gasteiger partial charge on any atom is -0.382 e.